The zero-order valence-corrected chi connectivity index (χ0v) is 12.3. The first-order chi connectivity index (χ1) is 9.63. The minimum atomic E-state index is -0.316. The largest absolute Gasteiger partial charge is 0.419 e. The highest BCUT2D eigenvalue weighted by Crippen LogP contribution is 2.54. The Balaban J connectivity index is 1.69. The normalized spacial score (nSPS) is 30.2. The zero-order chi connectivity index (χ0) is 13.9. The monoisotopic (exact) mass is 291 g/mol. The Bertz CT molecular complexity index is 717. The van der Waals surface area contributed by atoms with E-state index < -0.39 is 0 Å². The van der Waals surface area contributed by atoms with Crippen LogP contribution in [-0.4, -0.2) is 4.57 Å². The summed E-state index contributed by atoms with van der Waals surface area (Å²) in [6.07, 6.45) is 5.34. The first-order valence-corrected chi connectivity index (χ1v) is 7.80. The third kappa shape index (κ3) is 1.76. The SMILES string of the molecule is Cn1c(=O)oc2cc(C(Cl)C3CC4CCC3C4)ccc21. The molecule has 0 radical (unpaired) electrons. The summed E-state index contributed by atoms with van der Waals surface area (Å²) in [7, 11) is 1.72. The average molecular weight is 292 g/mol. The van der Waals surface area contributed by atoms with Crippen molar-refractivity contribution >= 4 is 22.7 Å². The lowest BCUT2D eigenvalue weighted by Crippen LogP contribution is -2.15. The van der Waals surface area contributed by atoms with Crippen molar-refractivity contribution in [1.29, 1.82) is 0 Å². The van der Waals surface area contributed by atoms with Gasteiger partial charge < -0.3 is 4.42 Å². The molecular weight excluding hydrogens is 274 g/mol. The van der Waals surface area contributed by atoms with Gasteiger partial charge in [-0.3, -0.25) is 4.57 Å². The van der Waals surface area contributed by atoms with E-state index in [4.69, 9.17) is 16.0 Å². The lowest BCUT2D eigenvalue weighted by atomic mass is 9.84. The number of hydrogen-bond donors (Lipinski definition) is 0. The van der Waals surface area contributed by atoms with Crippen LogP contribution in [0.3, 0.4) is 0 Å². The summed E-state index contributed by atoms with van der Waals surface area (Å²) in [6.45, 7) is 0. The second-order valence-electron chi connectivity index (χ2n) is 6.39. The van der Waals surface area contributed by atoms with Crippen molar-refractivity contribution in [1.82, 2.24) is 4.57 Å². The van der Waals surface area contributed by atoms with Crippen molar-refractivity contribution in [2.45, 2.75) is 31.1 Å². The molecule has 4 rings (SSSR count). The van der Waals surface area contributed by atoms with Crippen LogP contribution in [0.4, 0.5) is 0 Å². The molecule has 0 N–H and O–H groups in total. The van der Waals surface area contributed by atoms with Gasteiger partial charge in [0.2, 0.25) is 0 Å². The Morgan fingerprint density at radius 1 is 1.35 bits per heavy atom. The molecule has 2 aromatic rings. The summed E-state index contributed by atoms with van der Waals surface area (Å²) >= 11 is 6.73. The van der Waals surface area contributed by atoms with Crippen molar-refractivity contribution < 1.29 is 4.42 Å². The van der Waals surface area contributed by atoms with E-state index in [9.17, 15) is 4.79 Å². The molecule has 2 saturated carbocycles. The fraction of sp³-hybridized carbons (Fsp3) is 0.562. The predicted molar refractivity (Wildman–Crippen MR) is 79.0 cm³/mol. The van der Waals surface area contributed by atoms with Crippen LogP contribution in [0.25, 0.3) is 11.1 Å². The van der Waals surface area contributed by atoms with Crippen LogP contribution in [0.1, 0.15) is 36.6 Å². The molecule has 2 fully saturated rings. The average Bonchev–Trinajstić information content (AvgIpc) is 3.14. The van der Waals surface area contributed by atoms with Crippen molar-refractivity contribution in [2.75, 3.05) is 0 Å². The number of alkyl halides is 1. The summed E-state index contributed by atoms with van der Waals surface area (Å²) in [5, 5.41) is 0.0419. The lowest BCUT2D eigenvalue weighted by molar-refractivity contribution is 0.323. The van der Waals surface area contributed by atoms with Crippen molar-refractivity contribution in [3.8, 4) is 0 Å². The molecule has 1 heterocycles. The summed E-state index contributed by atoms with van der Waals surface area (Å²) in [6, 6.07) is 5.93. The number of halogens is 1. The van der Waals surface area contributed by atoms with Crippen LogP contribution >= 0.6 is 11.6 Å². The van der Waals surface area contributed by atoms with E-state index >= 15 is 0 Å². The Labute approximate surface area is 122 Å². The number of nitrogens with zero attached hydrogens (tertiary/aromatic N) is 1. The molecule has 1 aromatic heterocycles. The van der Waals surface area contributed by atoms with Gasteiger partial charge in [-0.15, -0.1) is 11.6 Å². The minimum absolute atomic E-state index is 0.0419. The molecule has 2 aliphatic carbocycles. The highest BCUT2D eigenvalue weighted by molar-refractivity contribution is 6.21. The summed E-state index contributed by atoms with van der Waals surface area (Å²) < 4.78 is 6.79. The number of oxazole rings is 1. The number of benzene rings is 1. The Morgan fingerprint density at radius 3 is 2.90 bits per heavy atom. The number of fused-ring (bicyclic) bond motifs is 3. The molecule has 2 aliphatic rings. The molecule has 0 aliphatic heterocycles. The summed E-state index contributed by atoms with van der Waals surface area (Å²) in [5.41, 5.74) is 2.56. The van der Waals surface area contributed by atoms with Crippen LogP contribution in [0.2, 0.25) is 0 Å². The number of rotatable bonds is 2. The fourth-order valence-corrected chi connectivity index (χ4v) is 4.67. The third-order valence-electron chi connectivity index (χ3n) is 5.30. The van der Waals surface area contributed by atoms with Gasteiger partial charge in [0.1, 0.15) is 0 Å². The first-order valence-electron chi connectivity index (χ1n) is 7.37. The van der Waals surface area contributed by atoms with Gasteiger partial charge in [-0.1, -0.05) is 12.5 Å². The molecule has 4 unspecified atom stereocenters. The van der Waals surface area contributed by atoms with E-state index in [1.165, 1.54) is 30.3 Å². The lowest BCUT2D eigenvalue weighted by Gasteiger charge is -2.26. The molecule has 2 bridgehead atoms. The van der Waals surface area contributed by atoms with E-state index in [-0.39, 0.29) is 11.1 Å². The van der Waals surface area contributed by atoms with Gasteiger partial charge in [0.25, 0.3) is 0 Å². The van der Waals surface area contributed by atoms with Gasteiger partial charge >= 0.3 is 5.76 Å². The predicted octanol–water partition coefficient (Wildman–Crippen LogP) is 3.85. The van der Waals surface area contributed by atoms with E-state index in [1.807, 2.05) is 18.2 Å². The van der Waals surface area contributed by atoms with Crippen molar-refractivity contribution in [3.63, 3.8) is 0 Å². The Hall–Kier alpha value is -1.22. The number of aryl methyl sites for hydroxylation is 1. The van der Waals surface area contributed by atoms with Crippen LogP contribution in [0.5, 0.6) is 0 Å². The molecule has 1 aromatic carbocycles. The number of aromatic nitrogens is 1. The maximum Gasteiger partial charge on any atom is 0.419 e. The Morgan fingerprint density at radius 2 is 2.20 bits per heavy atom. The zero-order valence-electron chi connectivity index (χ0n) is 11.5. The van der Waals surface area contributed by atoms with Crippen LogP contribution in [-0.2, 0) is 7.05 Å². The third-order valence-corrected chi connectivity index (χ3v) is 5.88. The number of hydrogen-bond acceptors (Lipinski definition) is 2. The molecule has 0 spiro atoms. The summed E-state index contributed by atoms with van der Waals surface area (Å²) in [4.78, 5) is 11.5. The van der Waals surface area contributed by atoms with Crippen LogP contribution in [0.15, 0.2) is 27.4 Å². The highest BCUT2D eigenvalue weighted by atomic mass is 35.5. The maximum atomic E-state index is 11.5. The molecule has 4 heteroatoms. The second-order valence-corrected chi connectivity index (χ2v) is 6.86. The topological polar surface area (TPSA) is 35.1 Å². The van der Waals surface area contributed by atoms with Gasteiger partial charge in [-0.25, -0.2) is 4.79 Å². The van der Waals surface area contributed by atoms with Gasteiger partial charge in [-0.05, 0) is 54.7 Å². The van der Waals surface area contributed by atoms with E-state index in [1.54, 1.807) is 7.05 Å². The molecule has 0 amide bonds. The molecule has 4 atom stereocenters. The fourth-order valence-electron chi connectivity index (χ4n) is 4.22. The Kier molecular flexibility index (Phi) is 2.75. The van der Waals surface area contributed by atoms with Gasteiger partial charge in [0, 0.05) is 7.05 Å². The minimum Gasteiger partial charge on any atom is -0.408 e. The van der Waals surface area contributed by atoms with Gasteiger partial charge in [0.15, 0.2) is 5.58 Å². The second kappa shape index (κ2) is 4.39. The van der Waals surface area contributed by atoms with Gasteiger partial charge in [0.05, 0.1) is 10.9 Å². The molecular formula is C16H18ClNO2. The highest BCUT2D eigenvalue weighted by Gasteiger charge is 2.43. The standard InChI is InChI=1S/C16H18ClNO2/c1-18-13-5-4-11(8-14(13)20-16(18)19)15(17)12-7-9-2-3-10(12)6-9/h4-5,8-10,12,15H,2-3,6-7H2,1H3. The summed E-state index contributed by atoms with van der Waals surface area (Å²) in [5.74, 6) is 1.96. The molecule has 106 valence electrons. The smallest absolute Gasteiger partial charge is 0.408 e. The van der Waals surface area contributed by atoms with E-state index in [2.05, 4.69) is 0 Å². The quantitative estimate of drug-likeness (QED) is 0.788. The molecule has 20 heavy (non-hydrogen) atoms. The first kappa shape index (κ1) is 12.5. The van der Waals surface area contributed by atoms with Crippen molar-refractivity contribution in [2.24, 2.45) is 24.8 Å². The van der Waals surface area contributed by atoms with Crippen LogP contribution in [0, 0.1) is 17.8 Å². The maximum absolute atomic E-state index is 11.5. The van der Waals surface area contributed by atoms with Crippen LogP contribution < -0.4 is 5.76 Å². The van der Waals surface area contributed by atoms with E-state index in [0.717, 1.165) is 22.9 Å². The van der Waals surface area contributed by atoms with E-state index in [0.29, 0.717) is 11.5 Å². The molecule has 3 nitrogen and oxygen atoms in total. The van der Waals surface area contributed by atoms with Gasteiger partial charge in [-0.2, -0.15) is 0 Å². The van der Waals surface area contributed by atoms with Crippen molar-refractivity contribution in [3.05, 3.63) is 34.3 Å². The molecule has 0 saturated heterocycles.